The zero-order valence-corrected chi connectivity index (χ0v) is 11.9. The van der Waals surface area contributed by atoms with Crippen LogP contribution >= 0.6 is 15.9 Å². The Hall–Kier alpha value is -1.68. The van der Waals surface area contributed by atoms with Gasteiger partial charge in [0.1, 0.15) is 5.75 Å². The Morgan fingerprint density at radius 3 is 2.84 bits per heavy atom. The lowest BCUT2D eigenvalue weighted by atomic mass is 10.2. The lowest BCUT2D eigenvalue weighted by Crippen LogP contribution is -1.97. The normalized spacial score (nSPS) is 14.8. The predicted molar refractivity (Wildman–Crippen MR) is 78.8 cm³/mol. The largest absolute Gasteiger partial charge is 0.490 e. The number of hydrogen-bond donors (Lipinski definition) is 0. The van der Waals surface area contributed by atoms with Gasteiger partial charge in [0, 0.05) is 22.4 Å². The molecule has 1 saturated carbocycles. The van der Waals surface area contributed by atoms with Crippen molar-refractivity contribution >= 4 is 28.1 Å². The van der Waals surface area contributed by atoms with Gasteiger partial charge >= 0.3 is 0 Å². The maximum atomic E-state index is 5.91. The van der Waals surface area contributed by atoms with Gasteiger partial charge in [-0.2, -0.15) is 0 Å². The molecular formula is C15H13BrN2O. The Labute approximate surface area is 120 Å². The minimum atomic E-state index is 0.387. The first kappa shape index (κ1) is 12.4. The SMILES string of the molecule is Brc1ccc(/C=C/c2cnccn2)c(OC2CC2)c1. The van der Waals surface area contributed by atoms with E-state index in [9.17, 15) is 0 Å². The molecule has 0 aliphatic heterocycles. The third-order valence-corrected chi connectivity index (χ3v) is 3.30. The van der Waals surface area contributed by atoms with Crippen molar-refractivity contribution in [2.24, 2.45) is 0 Å². The van der Waals surface area contributed by atoms with E-state index >= 15 is 0 Å². The number of hydrogen-bond acceptors (Lipinski definition) is 3. The lowest BCUT2D eigenvalue weighted by Gasteiger charge is -2.08. The summed E-state index contributed by atoms with van der Waals surface area (Å²) in [6, 6.07) is 6.05. The molecule has 0 atom stereocenters. The van der Waals surface area contributed by atoms with E-state index in [0.29, 0.717) is 6.10 Å². The molecule has 0 bridgehead atoms. The van der Waals surface area contributed by atoms with Gasteiger partial charge in [-0.15, -0.1) is 0 Å². The average Bonchev–Trinajstić information content (AvgIpc) is 3.23. The fourth-order valence-corrected chi connectivity index (χ4v) is 2.03. The van der Waals surface area contributed by atoms with Gasteiger partial charge in [0.2, 0.25) is 0 Å². The monoisotopic (exact) mass is 316 g/mol. The summed E-state index contributed by atoms with van der Waals surface area (Å²) >= 11 is 3.48. The molecule has 0 unspecified atom stereocenters. The molecule has 0 saturated heterocycles. The van der Waals surface area contributed by atoms with Crippen molar-refractivity contribution in [3.63, 3.8) is 0 Å². The summed E-state index contributed by atoms with van der Waals surface area (Å²) < 4.78 is 6.94. The number of benzene rings is 1. The number of rotatable bonds is 4. The number of ether oxygens (including phenoxy) is 1. The topological polar surface area (TPSA) is 35.0 Å². The van der Waals surface area contributed by atoms with Crippen molar-refractivity contribution in [3.8, 4) is 5.75 Å². The van der Waals surface area contributed by atoms with Crippen LogP contribution in [0.4, 0.5) is 0 Å². The van der Waals surface area contributed by atoms with Crippen molar-refractivity contribution in [3.05, 3.63) is 52.5 Å². The first-order valence-corrected chi connectivity index (χ1v) is 7.01. The molecule has 3 rings (SSSR count). The quantitative estimate of drug-likeness (QED) is 0.856. The molecule has 3 nitrogen and oxygen atoms in total. The maximum absolute atomic E-state index is 5.91. The van der Waals surface area contributed by atoms with Crippen LogP contribution in [0.15, 0.2) is 41.3 Å². The molecule has 1 aromatic carbocycles. The molecule has 2 aromatic rings. The first-order valence-electron chi connectivity index (χ1n) is 6.21. The van der Waals surface area contributed by atoms with Gasteiger partial charge in [0.15, 0.2) is 0 Å². The number of halogens is 1. The summed E-state index contributed by atoms with van der Waals surface area (Å²) in [5.41, 5.74) is 1.89. The van der Waals surface area contributed by atoms with Gasteiger partial charge in [0.05, 0.1) is 18.0 Å². The fourth-order valence-electron chi connectivity index (χ4n) is 1.69. The zero-order chi connectivity index (χ0) is 13.1. The van der Waals surface area contributed by atoms with Crippen LogP contribution in [0.5, 0.6) is 5.75 Å². The highest BCUT2D eigenvalue weighted by atomic mass is 79.9. The molecule has 1 aliphatic carbocycles. The summed E-state index contributed by atoms with van der Waals surface area (Å²) in [5.74, 6) is 0.914. The second-order valence-electron chi connectivity index (χ2n) is 4.46. The highest BCUT2D eigenvalue weighted by Crippen LogP contribution is 2.32. The van der Waals surface area contributed by atoms with E-state index in [-0.39, 0.29) is 0 Å². The molecule has 19 heavy (non-hydrogen) atoms. The van der Waals surface area contributed by atoms with Crippen LogP contribution in [-0.4, -0.2) is 16.1 Å². The summed E-state index contributed by atoms with van der Waals surface area (Å²) in [4.78, 5) is 8.25. The van der Waals surface area contributed by atoms with Gasteiger partial charge in [-0.05, 0) is 37.1 Å². The minimum absolute atomic E-state index is 0.387. The van der Waals surface area contributed by atoms with Gasteiger partial charge in [0.25, 0.3) is 0 Å². The van der Waals surface area contributed by atoms with E-state index in [0.717, 1.165) is 34.3 Å². The Kier molecular flexibility index (Phi) is 3.60. The van der Waals surface area contributed by atoms with Crippen molar-refractivity contribution in [2.45, 2.75) is 18.9 Å². The van der Waals surface area contributed by atoms with E-state index in [1.165, 1.54) is 0 Å². The standard InChI is InChI=1S/C15H13BrN2O/c16-12-3-1-11(15(9-12)19-14-5-6-14)2-4-13-10-17-7-8-18-13/h1-4,7-10,14H,5-6H2/b4-2+. The Bertz CT molecular complexity index is 594. The molecule has 0 spiro atoms. The summed E-state index contributed by atoms with van der Waals surface area (Å²) in [7, 11) is 0. The second-order valence-corrected chi connectivity index (χ2v) is 5.38. The molecule has 0 N–H and O–H groups in total. The van der Waals surface area contributed by atoms with E-state index in [4.69, 9.17) is 4.74 Å². The molecule has 1 aromatic heterocycles. The molecule has 96 valence electrons. The van der Waals surface area contributed by atoms with E-state index < -0.39 is 0 Å². The van der Waals surface area contributed by atoms with E-state index in [2.05, 4.69) is 25.9 Å². The smallest absolute Gasteiger partial charge is 0.128 e. The summed E-state index contributed by atoms with van der Waals surface area (Å²) in [6.07, 6.45) is 11.7. The minimum Gasteiger partial charge on any atom is -0.490 e. The van der Waals surface area contributed by atoms with Crippen LogP contribution in [0.25, 0.3) is 12.2 Å². The Morgan fingerprint density at radius 2 is 2.11 bits per heavy atom. The third-order valence-electron chi connectivity index (χ3n) is 2.81. The molecule has 1 aliphatic rings. The number of aromatic nitrogens is 2. The van der Waals surface area contributed by atoms with Crippen molar-refractivity contribution in [2.75, 3.05) is 0 Å². The van der Waals surface area contributed by atoms with Crippen LogP contribution in [0.1, 0.15) is 24.1 Å². The van der Waals surface area contributed by atoms with Gasteiger partial charge in [-0.25, -0.2) is 0 Å². The maximum Gasteiger partial charge on any atom is 0.128 e. The first-order chi connectivity index (χ1) is 9.31. The average molecular weight is 317 g/mol. The molecule has 1 fully saturated rings. The Balaban J connectivity index is 1.84. The molecule has 1 heterocycles. The zero-order valence-electron chi connectivity index (χ0n) is 10.3. The van der Waals surface area contributed by atoms with Gasteiger partial charge < -0.3 is 4.74 Å². The van der Waals surface area contributed by atoms with E-state index in [1.54, 1.807) is 18.6 Å². The van der Waals surface area contributed by atoms with Crippen LogP contribution in [0, 0.1) is 0 Å². The summed E-state index contributed by atoms with van der Waals surface area (Å²) in [5, 5.41) is 0. The van der Waals surface area contributed by atoms with Crippen LogP contribution in [0.2, 0.25) is 0 Å². The lowest BCUT2D eigenvalue weighted by molar-refractivity contribution is 0.302. The predicted octanol–water partition coefficient (Wildman–Crippen LogP) is 3.95. The fraction of sp³-hybridized carbons (Fsp3) is 0.200. The molecule has 0 amide bonds. The van der Waals surface area contributed by atoms with Crippen LogP contribution in [0.3, 0.4) is 0 Å². The molecule has 0 radical (unpaired) electrons. The number of nitrogens with zero attached hydrogens (tertiary/aromatic N) is 2. The molecular weight excluding hydrogens is 304 g/mol. The van der Waals surface area contributed by atoms with Gasteiger partial charge in [-0.1, -0.05) is 22.0 Å². The third kappa shape index (κ3) is 3.41. The highest BCUT2D eigenvalue weighted by molar-refractivity contribution is 9.10. The Morgan fingerprint density at radius 1 is 1.21 bits per heavy atom. The highest BCUT2D eigenvalue weighted by Gasteiger charge is 2.24. The van der Waals surface area contributed by atoms with Crippen LogP contribution in [-0.2, 0) is 0 Å². The van der Waals surface area contributed by atoms with Crippen molar-refractivity contribution in [1.82, 2.24) is 9.97 Å². The summed E-state index contributed by atoms with van der Waals surface area (Å²) in [6.45, 7) is 0. The van der Waals surface area contributed by atoms with Crippen molar-refractivity contribution in [1.29, 1.82) is 0 Å². The van der Waals surface area contributed by atoms with E-state index in [1.807, 2.05) is 30.4 Å². The van der Waals surface area contributed by atoms with Gasteiger partial charge in [-0.3, -0.25) is 9.97 Å². The molecule has 4 heteroatoms. The van der Waals surface area contributed by atoms with Crippen molar-refractivity contribution < 1.29 is 4.74 Å². The second kappa shape index (κ2) is 5.53. The van der Waals surface area contributed by atoms with Crippen LogP contribution < -0.4 is 4.74 Å².